The third kappa shape index (κ3) is 6.11. The standard InChI is InChI=1S/C35H49F3O10SSi/c1-22-15-16-34(31(5,6)27(22)47-49(41,42)35(36,37)38)28(45-29(40)46-34)26-32(7,17-18-39)24(48-50(8,9)30(2,3)4)19-25-33(26,21-43-25)44-20-23-13-11-10-12-14-23/h10-14,18,24-26,28H,15-17,19-21H2,1-9H3/t24-,25+,26-,28-,32+,33-,34+/m0/s1. The van der Waals surface area contributed by atoms with Gasteiger partial charge in [0, 0.05) is 24.2 Å². The summed E-state index contributed by atoms with van der Waals surface area (Å²) in [6.07, 6.45) is -2.22. The van der Waals surface area contributed by atoms with E-state index < -0.39 is 82.1 Å². The van der Waals surface area contributed by atoms with E-state index in [0.717, 1.165) is 11.8 Å². The van der Waals surface area contributed by atoms with Crippen molar-refractivity contribution in [1.82, 2.24) is 0 Å². The van der Waals surface area contributed by atoms with Crippen LogP contribution in [0.2, 0.25) is 18.1 Å². The van der Waals surface area contributed by atoms with E-state index in [1.807, 2.05) is 37.3 Å². The lowest BCUT2D eigenvalue weighted by Gasteiger charge is -2.66. The monoisotopic (exact) mass is 746 g/mol. The van der Waals surface area contributed by atoms with Crippen molar-refractivity contribution in [2.45, 2.75) is 134 Å². The van der Waals surface area contributed by atoms with E-state index in [-0.39, 0.29) is 43.1 Å². The number of hydrogen-bond acceptors (Lipinski definition) is 10. The van der Waals surface area contributed by atoms with Gasteiger partial charge in [-0.25, -0.2) is 4.79 Å². The van der Waals surface area contributed by atoms with Gasteiger partial charge in [-0.15, -0.1) is 0 Å². The average Bonchev–Trinajstić information content (AvgIpc) is 3.32. The van der Waals surface area contributed by atoms with Gasteiger partial charge in [0.2, 0.25) is 0 Å². The van der Waals surface area contributed by atoms with E-state index in [2.05, 4.69) is 33.9 Å². The summed E-state index contributed by atoms with van der Waals surface area (Å²) >= 11 is 0. The third-order valence-corrected chi connectivity index (χ3v) is 17.6. The molecule has 5 rings (SSSR count). The van der Waals surface area contributed by atoms with E-state index in [1.165, 1.54) is 20.8 Å². The molecule has 2 saturated heterocycles. The Morgan fingerprint density at radius 2 is 1.72 bits per heavy atom. The highest BCUT2D eigenvalue weighted by Crippen LogP contribution is 2.65. The molecule has 0 unspecified atom stereocenters. The quantitative estimate of drug-likeness (QED) is 0.0779. The fourth-order valence-electron chi connectivity index (χ4n) is 8.22. The largest absolute Gasteiger partial charge is 0.534 e. The van der Waals surface area contributed by atoms with Gasteiger partial charge in [-0.2, -0.15) is 21.6 Å². The van der Waals surface area contributed by atoms with E-state index in [1.54, 1.807) is 0 Å². The van der Waals surface area contributed by atoms with E-state index in [4.69, 9.17) is 27.6 Å². The summed E-state index contributed by atoms with van der Waals surface area (Å²) in [4.78, 5) is 26.1. The number of cyclic esters (lactones) is 1. The molecule has 2 aliphatic carbocycles. The second-order valence-corrected chi connectivity index (χ2v) is 22.8. The smallest absolute Gasteiger partial charge is 0.426 e. The van der Waals surface area contributed by atoms with Crippen molar-refractivity contribution >= 4 is 30.9 Å². The summed E-state index contributed by atoms with van der Waals surface area (Å²) < 4.78 is 103. The second kappa shape index (κ2) is 12.6. The van der Waals surface area contributed by atoms with Crippen molar-refractivity contribution in [3.63, 3.8) is 0 Å². The van der Waals surface area contributed by atoms with Gasteiger partial charge in [0.05, 0.1) is 30.8 Å². The highest BCUT2D eigenvalue weighted by atomic mass is 32.2. The lowest BCUT2D eigenvalue weighted by Crippen LogP contribution is -2.78. The molecule has 0 aromatic heterocycles. The number of carbonyl (C=O) groups excluding carboxylic acids is 2. The maximum Gasteiger partial charge on any atom is 0.534 e. The first-order chi connectivity index (χ1) is 22.9. The molecule has 3 fully saturated rings. The lowest BCUT2D eigenvalue weighted by atomic mass is 9.49. The Bertz CT molecular complexity index is 1620. The molecule has 15 heteroatoms. The molecule has 0 bridgehead atoms. The molecule has 1 spiro atoms. The highest BCUT2D eigenvalue weighted by Gasteiger charge is 2.76. The van der Waals surface area contributed by atoms with Crippen LogP contribution in [0.15, 0.2) is 41.7 Å². The zero-order valence-corrected chi connectivity index (χ0v) is 32.0. The van der Waals surface area contributed by atoms with Crippen LogP contribution in [-0.4, -0.2) is 70.8 Å². The Balaban J connectivity index is 1.70. The Kier molecular flexibility index (Phi) is 9.76. The number of fused-ring (bicyclic) bond motifs is 1. The summed E-state index contributed by atoms with van der Waals surface area (Å²) in [5.41, 5.74) is -10.2. The number of hydrogen-bond donors (Lipinski definition) is 0. The van der Waals surface area contributed by atoms with Crippen molar-refractivity contribution in [3.8, 4) is 0 Å². The normalized spacial score (nSPS) is 34.4. The zero-order valence-electron chi connectivity index (χ0n) is 30.1. The van der Waals surface area contributed by atoms with E-state index >= 15 is 0 Å². The number of allylic oxidation sites excluding steroid dienone is 1. The fraction of sp³-hybridized carbons (Fsp3) is 0.714. The maximum atomic E-state index is 13.7. The van der Waals surface area contributed by atoms with Gasteiger partial charge in [-0.3, -0.25) is 0 Å². The van der Waals surface area contributed by atoms with Crippen LogP contribution in [0.4, 0.5) is 18.0 Å². The molecule has 1 saturated carbocycles. The van der Waals surface area contributed by atoms with Crippen LogP contribution in [0.5, 0.6) is 0 Å². The van der Waals surface area contributed by atoms with Crippen LogP contribution in [0.1, 0.15) is 79.7 Å². The first-order valence-corrected chi connectivity index (χ1v) is 21.2. The van der Waals surface area contributed by atoms with Gasteiger partial charge in [-0.05, 0) is 62.9 Å². The summed E-state index contributed by atoms with van der Waals surface area (Å²) in [6, 6.07) is 9.43. The Morgan fingerprint density at radius 3 is 2.26 bits per heavy atom. The SMILES string of the molecule is CC1=C(OS(=O)(=O)C(F)(F)F)C(C)(C)[C@]2(CC1)OC(=O)O[C@H]2[C@H]1[C@](C)(CC=O)[C@@H](O[Si](C)(C)C(C)(C)C)C[C@H]2OC[C@]21OCc1ccccc1. The van der Waals surface area contributed by atoms with E-state index in [9.17, 15) is 31.2 Å². The van der Waals surface area contributed by atoms with Crippen molar-refractivity contribution in [1.29, 1.82) is 0 Å². The topological polar surface area (TPSA) is 124 Å². The molecule has 2 aliphatic heterocycles. The Labute approximate surface area is 293 Å². The molecule has 0 radical (unpaired) electrons. The molecule has 1 aromatic carbocycles. The zero-order chi connectivity index (χ0) is 37.3. The molecule has 0 N–H and O–H groups in total. The van der Waals surface area contributed by atoms with E-state index in [0.29, 0.717) is 6.42 Å². The maximum absolute atomic E-state index is 13.7. The summed E-state index contributed by atoms with van der Waals surface area (Å²) in [5.74, 6) is -1.34. The molecule has 10 nitrogen and oxygen atoms in total. The molecule has 7 atom stereocenters. The molecular formula is C35H49F3O10SSi. The number of carbonyl (C=O) groups is 2. The molecule has 50 heavy (non-hydrogen) atoms. The summed E-state index contributed by atoms with van der Waals surface area (Å²) in [6.45, 7) is 17.1. The van der Waals surface area contributed by atoms with Gasteiger partial charge in [-0.1, -0.05) is 58.0 Å². The minimum absolute atomic E-state index is 0.0363. The van der Waals surface area contributed by atoms with Crippen LogP contribution in [-0.2, 0) is 49.1 Å². The van der Waals surface area contributed by atoms with Crippen LogP contribution in [0.3, 0.4) is 0 Å². The molecule has 2 heterocycles. The number of rotatable bonds is 10. The molecule has 4 aliphatic rings. The van der Waals surface area contributed by atoms with Gasteiger partial charge < -0.3 is 32.4 Å². The van der Waals surface area contributed by atoms with Crippen molar-refractivity contribution < 1.29 is 58.7 Å². The summed E-state index contributed by atoms with van der Waals surface area (Å²) in [7, 11) is -8.59. The minimum atomic E-state index is -6.08. The fourth-order valence-corrected chi connectivity index (χ4v) is 10.3. The Morgan fingerprint density at radius 1 is 1.08 bits per heavy atom. The van der Waals surface area contributed by atoms with Crippen LogP contribution in [0, 0.1) is 16.7 Å². The summed E-state index contributed by atoms with van der Waals surface area (Å²) in [5, 5.41) is -0.211. The molecular weight excluding hydrogens is 698 g/mol. The van der Waals surface area contributed by atoms with Crippen LogP contribution in [0.25, 0.3) is 0 Å². The number of benzene rings is 1. The van der Waals surface area contributed by atoms with Gasteiger partial charge >= 0.3 is 21.8 Å². The molecule has 0 amide bonds. The van der Waals surface area contributed by atoms with Gasteiger partial charge in [0.1, 0.15) is 17.6 Å². The highest BCUT2D eigenvalue weighted by molar-refractivity contribution is 7.87. The lowest BCUT2D eigenvalue weighted by molar-refractivity contribution is -0.353. The average molecular weight is 747 g/mol. The minimum Gasteiger partial charge on any atom is -0.426 e. The number of ether oxygens (including phenoxy) is 4. The molecule has 280 valence electrons. The van der Waals surface area contributed by atoms with Crippen molar-refractivity contribution in [2.75, 3.05) is 6.61 Å². The number of halogens is 3. The first-order valence-electron chi connectivity index (χ1n) is 16.9. The Hall–Kier alpha value is -2.46. The number of alkyl halides is 3. The van der Waals surface area contributed by atoms with Crippen LogP contribution < -0.4 is 0 Å². The third-order valence-electron chi connectivity index (χ3n) is 12.2. The van der Waals surface area contributed by atoms with Crippen molar-refractivity contribution in [3.05, 3.63) is 47.2 Å². The predicted octanol–water partition coefficient (Wildman–Crippen LogP) is 7.58. The first kappa shape index (κ1) is 38.8. The number of aldehydes is 1. The van der Waals surface area contributed by atoms with Crippen molar-refractivity contribution in [2.24, 2.45) is 16.7 Å². The van der Waals surface area contributed by atoms with Gasteiger partial charge in [0.15, 0.2) is 20.0 Å². The molecule has 1 aromatic rings. The van der Waals surface area contributed by atoms with Crippen LogP contribution >= 0.6 is 0 Å². The second-order valence-electron chi connectivity index (χ2n) is 16.5. The van der Waals surface area contributed by atoms with Gasteiger partial charge in [0.25, 0.3) is 0 Å². The predicted molar refractivity (Wildman–Crippen MR) is 179 cm³/mol.